The van der Waals surface area contributed by atoms with E-state index in [0.717, 1.165) is 5.56 Å². The molecule has 0 aliphatic heterocycles. The summed E-state index contributed by atoms with van der Waals surface area (Å²) in [7, 11) is 0. The van der Waals surface area contributed by atoms with Gasteiger partial charge < -0.3 is 9.84 Å². The molecule has 150 valence electrons. The fourth-order valence-electron chi connectivity index (χ4n) is 2.56. The van der Waals surface area contributed by atoms with Crippen LogP contribution in [0.5, 0.6) is 0 Å². The number of hydrogen-bond donors (Lipinski definition) is 1. The SMILES string of the molecule is O=C(CSc1nccc(-c2cc(-c3ccc(Cl)cc3)no2)n1)Nc1ccc(Cl)cc1. The lowest BCUT2D eigenvalue weighted by Crippen LogP contribution is -2.14. The summed E-state index contributed by atoms with van der Waals surface area (Å²) < 4.78 is 5.43. The first-order chi connectivity index (χ1) is 14.6. The maximum absolute atomic E-state index is 12.2. The number of hydrogen-bond acceptors (Lipinski definition) is 6. The Morgan fingerprint density at radius 2 is 1.67 bits per heavy atom. The van der Waals surface area contributed by atoms with E-state index in [0.29, 0.717) is 38.0 Å². The van der Waals surface area contributed by atoms with Crippen molar-refractivity contribution in [3.8, 4) is 22.7 Å². The Balaban J connectivity index is 1.41. The van der Waals surface area contributed by atoms with E-state index in [-0.39, 0.29) is 11.7 Å². The lowest BCUT2D eigenvalue weighted by Gasteiger charge is -2.05. The molecule has 6 nitrogen and oxygen atoms in total. The van der Waals surface area contributed by atoms with Gasteiger partial charge in [-0.15, -0.1) is 0 Å². The topological polar surface area (TPSA) is 80.9 Å². The Labute approximate surface area is 186 Å². The van der Waals surface area contributed by atoms with Crippen LogP contribution in [0.15, 0.2) is 76.5 Å². The van der Waals surface area contributed by atoms with Crippen LogP contribution in [0.2, 0.25) is 10.0 Å². The molecule has 0 radical (unpaired) electrons. The number of nitrogens with one attached hydrogen (secondary N) is 1. The summed E-state index contributed by atoms with van der Waals surface area (Å²) in [6, 6.07) is 17.7. The van der Waals surface area contributed by atoms with Crippen LogP contribution in [0.1, 0.15) is 0 Å². The van der Waals surface area contributed by atoms with Gasteiger partial charge in [0.05, 0.1) is 5.75 Å². The van der Waals surface area contributed by atoms with Gasteiger partial charge in [0.2, 0.25) is 5.91 Å². The van der Waals surface area contributed by atoms with Crippen molar-refractivity contribution < 1.29 is 9.32 Å². The minimum Gasteiger partial charge on any atom is -0.354 e. The number of halogens is 2. The summed E-state index contributed by atoms with van der Waals surface area (Å²) in [5.74, 6) is 0.509. The highest BCUT2D eigenvalue weighted by molar-refractivity contribution is 7.99. The number of thioether (sulfide) groups is 1. The predicted octanol–water partition coefficient (Wildman–Crippen LogP) is 5.84. The molecule has 1 N–H and O–H groups in total. The monoisotopic (exact) mass is 456 g/mol. The number of nitrogens with zero attached hydrogens (tertiary/aromatic N) is 3. The van der Waals surface area contributed by atoms with Crippen molar-refractivity contribution >= 4 is 46.6 Å². The first-order valence-electron chi connectivity index (χ1n) is 8.81. The number of carbonyl (C=O) groups excluding carboxylic acids is 1. The first-order valence-corrected chi connectivity index (χ1v) is 10.6. The molecule has 0 fully saturated rings. The average molecular weight is 457 g/mol. The molecular weight excluding hydrogens is 443 g/mol. The molecule has 0 bridgehead atoms. The van der Waals surface area contributed by atoms with Crippen LogP contribution in [0.3, 0.4) is 0 Å². The third-order valence-corrected chi connectivity index (χ3v) is 5.36. The van der Waals surface area contributed by atoms with E-state index in [1.807, 2.05) is 12.1 Å². The molecule has 4 rings (SSSR count). The van der Waals surface area contributed by atoms with Gasteiger partial charge in [0.1, 0.15) is 11.4 Å². The molecule has 2 heterocycles. The molecule has 30 heavy (non-hydrogen) atoms. The second-order valence-electron chi connectivity index (χ2n) is 6.15. The normalized spacial score (nSPS) is 10.7. The largest absolute Gasteiger partial charge is 0.354 e. The minimum atomic E-state index is -0.166. The van der Waals surface area contributed by atoms with Crippen LogP contribution >= 0.6 is 35.0 Å². The first kappa shape index (κ1) is 20.4. The zero-order chi connectivity index (χ0) is 20.9. The van der Waals surface area contributed by atoms with Crippen LogP contribution in [-0.4, -0.2) is 26.8 Å². The fourth-order valence-corrected chi connectivity index (χ4v) is 3.44. The zero-order valence-electron chi connectivity index (χ0n) is 15.4. The average Bonchev–Trinajstić information content (AvgIpc) is 3.25. The zero-order valence-corrected chi connectivity index (χ0v) is 17.7. The summed E-state index contributed by atoms with van der Waals surface area (Å²) in [4.78, 5) is 20.8. The van der Waals surface area contributed by atoms with E-state index in [2.05, 4.69) is 20.4 Å². The van der Waals surface area contributed by atoms with E-state index >= 15 is 0 Å². The van der Waals surface area contributed by atoms with Crippen molar-refractivity contribution in [2.75, 3.05) is 11.1 Å². The molecule has 1 amide bonds. The Kier molecular flexibility index (Phi) is 6.32. The molecular formula is C21H14Cl2N4O2S. The van der Waals surface area contributed by atoms with E-state index in [9.17, 15) is 4.79 Å². The molecule has 0 saturated carbocycles. The van der Waals surface area contributed by atoms with Gasteiger partial charge in [-0.05, 0) is 42.5 Å². The summed E-state index contributed by atoms with van der Waals surface area (Å²) in [6.45, 7) is 0. The smallest absolute Gasteiger partial charge is 0.234 e. The summed E-state index contributed by atoms with van der Waals surface area (Å²) in [5.41, 5.74) is 2.82. The fraction of sp³-hybridized carbons (Fsp3) is 0.0476. The van der Waals surface area contributed by atoms with Crippen LogP contribution in [0.4, 0.5) is 5.69 Å². The van der Waals surface area contributed by atoms with Crippen molar-refractivity contribution in [1.82, 2.24) is 15.1 Å². The maximum Gasteiger partial charge on any atom is 0.234 e. The Morgan fingerprint density at radius 3 is 2.40 bits per heavy atom. The van der Waals surface area contributed by atoms with Gasteiger partial charge >= 0.3 is 0 Å². The Hall–Kier alpha value is -2.87. The van der Waals surface area contributed by atoms with Crippen molar-refractivity contribution in [2.24, 2.45) is 0 Å². The van der Waals surface area contributed by atoms with E-state index in [1.165, 1.54) is 11.8 Å². The maximum atomic E-state index is 12.2. The van der Waals surface area contributed by atoms with Gasteiger partial charge in [0.15, 0.2) is 10.9 Å². The number of rotatable bonds is 6. The van der Waals surface area contributed by atoms with Gasteiger partial charge in [-0.3, -0.25) is 4.79 Å². The molecule has 0 aliphatic rings. The highest BCUT2D eigenvalue weighted by atomic mass is 35.5. The number of carbonyl (C=O) groups is 1. The predicted molar refractivity (Wildman–Crippen MR) is 119 cm³/mol. The second kappa shape index (κ2) is 9.30. The standard InChI is InChI=1S/C21H14Cl2N4O2S/c22-14-3-1-13(2-4-14)18-11-19(29-27-18)17-9-10-24-21(26-17)30-12-20(28)25-16-7-5-15(23)6-8-16/h1-11H,12H2,(H,25,28). The molecule has 9 heteroatoms. The number of benzene rings is 2. The van der Waals surface area contributed by atoms with Gasteiger partial charge in [-0.2, -0.15) is 0 Å². The highest BCUT2D eigenvalue weighted by Crippen LogP contribution is 2.26. The van der Waals surface area contributed by atoms with Crippen LogP contribution < -0.4 is 5.32 Å². The Bertz CT molecular complexity index is 1160. The number of anilines is 1. The number of amides is 1. The molecule has 0 saturated heterocycles. The second-order valence-corrected chi connectivity index (χ2v) is 7.97. The van der Waals surface area contributed by atoms with E-state index < -0.39 is 0 Å². The van der Waals surface area contributed by atoms with Crippen molar-refractivity contribution in [3.63, 3.8) is 0 Å². The molecule has 0 atom stereocenters. The molecule has 0 spiro atoms. The van der Waals surface area contributed by atoms with Gasteiger partial charge in [-0.1, -0.05) is 52.3 Å². The van der Waals surface area contributed by atoms with Crippen LogP contribution in [-0.2, 0) is 4.79 Å². The quantitative estimate of drug-likeness (QED) is 0.290. The summed E-state index contributed by atoms with van der Waals surface area (Å²) >= 11 is 13.0. The Morgan fingerprint density at radius 1 is 0.967 bits per heavy atom. The van der Waals surface area contributed by atoms with Gasteiger partial charge in [0, 0.05) is 33.6 Å². The van der Waals surface area contributed by atoms with E-state index in [4.69, 9.17) is 27.7 Å². The third-order valence-electron chi connectivity index (χ3n) is 4.00. The van der Waals surface area contributed by atoms with Crippen LogP contribution in [0, 0.1) is 0 Å². The summed E-state index contributed by atoms with van der Waals surface area (Å²) in [6.07, 6.45) is 1.62. The third kappa shape index (κ3) is 5.18. The van der Waals surface area contributed by atoms with Crippen LogP contribution in [0.25, 0.3) is 22.7 Å². The van der Waals surface area contributed by atoms with Gasteiger partial charge in [-0.25, -0.2) is 9.97 Å². The van der Waals surface area contributed by atoms with Crippen molar-refractivity contribution in [1.29, 1.82) is 0 Å². The molecule has 2 aromatic carbocycles. The molecule has 2 aromatic heterocycles. The summed E-state index contributed by atoms with van der Waals surface area (Å²) in [5, 5.41) is 8.61. The van der Waals surface area contributed by atoms with Crippen molar-refractivity contribution in [2.45, 2.75) is 5.16 Å². The lowest BCUT2D eigenvalue weighted by atomic mass is 10.1. The van der Waals surface area contributed by atoms with Gasteiger partial charge in [0.25, 0.3) is 0 Å². The highest BCUT2D eigenvalue weighted by Gasteiger charge is 2.12. The minimum absolute atomic E-state index is 0.165. The number of aromatic nitrogens is 3. The molecule has 4 aromatic rings. The molecule has 0 aliphatic carbocycles. The van der Waals surface area contributed by atoms with E-state index in [1.54, 1.807) is 54.7 Å². The molecule has 0 unspecified atom stereocenters. The lowest BCUT2D eigenvalue weighted by molar-refractivity contribution is -0.113. The van der Waals surface area contributed by atoms with Crippen molar-refractivity contribution in [3.05, 3.63) is 76.9 Å².